The molecule has 3 heteroatoms. The molecule has 2 aromatic carbocycles. The number of anilines is 1. The van der Waals surface area contributed by atoms with Crippen molar-refractivity contribution < 1.29 is 10.1 Å². The molecule has 0 bridgehead atoms. The van der Waals surface area contributed by atoms with Crippen LogP contribution in [0.4, 0.5) is 5.69 Å². The van der Waals surface area contributed by atoms with E-state index in [4.69, 9.17) is 4.74 Å². The normalized spacial score (nSPS) is 19.9. The Labute approximate surface area is 171 Å². The molecule has 2 atom stereocenters. The lowest BCUT2D eigenvalue weighted by molar-refractivity contribution is -0.671. The Hall–Kier alpha value is -1.84. The van der Waals surface area contributed by atoms with Crippen LogP contribution in [0.5, 0.6) is 0 Å². The number of nitrogens with two attached hydrogens (primary N) is 1. The van der Waals surface area contributed by atoms with Gasteiger partial charge in [0.25, 0.3) is 0 Å². The molecule has 0 aliphatic carbocycles. The van der Waals surface area contributed by atoms with Crippen molar-refractivity contribution in [3.8, 4) is 0 Å². The molecule has 3 rings (SSSR count). The van der Waals surface area contributed by atoms with E-state index in [1.165, 1.54) is 29.7 Å². The number of nitrogens with zero attached hydrogens (tertiary/aromatic N) is 1. The van der Waals surface area contributed by atoms with E-state index in [2.05, 4.69) is 92.8 Å². The smallest absolute Gasteiger partial charge is 0.101 e. The first-order valence-electron chi connectivity index (χ1n) is 10.7. The maximum absolute atomic E-state index is 5.98. The predicted molar refractivity (Wildman–Crippen MR) is 118 cm³/mol. The second-order valence-corrected chi connectivity index (χ2v) is 9.01. The highest BCUT2D eigenvalue weighted by Crippen LogP contribution is 2.39. The van der Waals surface area contributed by atoms with Gasteiger partial charge in [0.15, 0.2) is 0 Å². The van der Waals surface area contributed by atoms with Crippen LogP contribution in [0.2, 0.25) is 0 Å². The number of benzene rings is 2. The van der Waals surface area contributed by atoms with E-state index in [0.717, 1.165) is 26.1 Å². The molecule has 0 spiro atoms. The molecule has 2 aromatic rings. The maximum Gasteiger partial charge on any atom is 0.101 e. The number of hydrogen-bond donors (Lipinski definition) is 1. The molecule has 0 saturated carbocycles. The van der Waals surface area contributed by atoms with Gasteiger partial charge >= 0.3 is 0 Å². The number of hydrogen-bond acceptors (Lipinski definition) is 2. The van der Waals surface area contributed by atoms with Gasteiger partial charge in [0.2, 0.25) is 0 Å². The van der Waals surface area contributed by atoms with E-state index < -0.39 is 0 Å². The van der Waals surface area contributed by atoms with E-state index in [0.29, 0.717) is 11.8 Å². The zero-order valence-electron chi connectivity index (χ0n) is 18.0. The van der Waals surface area contributed by atoms with Crippen molar-refractivity contribution in [3.05, 3.63) is 65.7 Å². The number of ether oxygens (including phenoxy) is 1. The Morgan fingerprint density at radius 1 is 1.07 bits per heavy atom. The van der Waals surface area contributed by atoms with Crippen molar-refractivity contribution in [2.45, 2.75) is 51.2 Å². The van der Waals surface area contributed by atoms with Crippen LogP contribution in [0, 0.1) is 5.92 Å². The third-order valence-corrected chi connectivity index (χ3v) is 6.05. The second kappa shape index (κ2) is 9.58. The Kier molecular flexibility index (Phi) is 7.14. The summed E-state index contributed by atoms with van der Waals surface area (Å²) in [7, 11) is 4.17. The van der Waals surface area contributed by atoms with Gasteiger partial charge in [-0.1, -0.05) is 42.5 Å². The average molecular weight is 382 g/mol. The highest BCUT2D eigenvalue weighted by Gasteiger charge is 2.34. The molecular formula is C25H37N2O+. The van der Waals surface area contributed by atoms with Gasteiger partial charge in [0.1, 0.15) is 6.54 Å². The molecule has 28 heavy (non-hydrogen) atoms. The second-order valence-electron chi connectivity index (χ2n) is 9.01. The minimum absolute atomic E-state index is 0.00778. The summed E-state index contributed by atoms with van der Waals surface area (Å²) in [6.07, 6.45) is 3.55. The predicted octanol–water partition coefficient (Wildman–Crippen LogP) is 4.20. The van der Waals surface area contributed by atoms with E-state index in [-0.39, 0.29) is 5.60 Å². The Balaban J connectivity index is 1.57. The molecule has 1 saturated heterocycles. The fourth-order valence-electron chi connectivity index (χ4n) is 4.49. The van der Waals surface area contributed by atoms with Crippen LogP contribution in [0.15, 0.2) is 54.6 Å². The van der Waals surface area contributed by atoms with E-state index in [9.17, 15) is 0 Å². The molecule has 3 nitrogen and oxygen atoms in total. The zero-order valence-corrected chi connectivity index (χ0v) is 18.0. The van der Waals surface area contributed by atoms with Crippen molar-refractivity contribution in [1.29, 1.82) is 0 Å². The topological polar surface area (TPSA) is 29.1 Å². The highest BCUT2D eigenvalue weighted by atomic mass is 16.5. The Morgan fingerprint density at radius 3 is 2.43 bits per heavy atom. The summed E-state index contributed by atoms with van der Waals surface area (Å²) in [6.45, 7) is 7.58. The van der Waals surface area contributed by atoms with Gasteiger partial charge in [-0.3, -0.25) is 0 Å². The molecule has 0 aromatic heterocycles. The first kappa shape index (κ1) is 20.9. The third-order valence-electron chi connectivity index (χ3n) is 6.05. The monoisotopic (exact) mass is 381 g/mol. The van der Waals surface area contributed by atoms with Crippen molar-refractivity contribution in [2.24, 2.45) is 5.92 Å². The quantitative estimate of drug-likeness (QED) is 0.695. The van der Waals surface area contributed by atoms with Crippen LogP contribution in [0.25, 0.3) is 0 Å². The molecule has 0 unspecified atom stereocenters. The van der Waals surface area contributed by atoms with Gasteiger partial charge < -0.3 is 15.0 Å². The molecule has 2 N–H and O–H groups in total. The van der Waals surface area contributed by atoms with Gasteiger partial charge in [-0.15, -0.1) is 0 Å². The number of quaternary nitrogens is 1. The SMILES string of the molecule is CN(C)c1ccc(C[NH2+]CC[C@H](c2ccccc2)[C@H]2CCOC(C)(C)C2)cc1. The van der Waals surface area contributed by atoms with Gasteiger partial charge in [0.05, 0.1) is 12.1 Å². The summed E-state index contributed by atoms with van der Waals surface area (Å²) >= 11 is 0. The summed E-state index contributed by atoms with van der Waals surface area (Å²) in [5, 5.41) is 2.46. The van der Waals surface area contributed by atoms with Crippen LogP contribution in [-0.2, 0) is 11.3 Å². The molecular weight excluding hydrogens is 344 g/mol. The van der Waals surface area contributed by atoms with E-state index in [1.807, 2.05) is 0 Å². The summed E-state index contributed by atoms with van der Waals surface area (Å²) in [4.78, 5) is 2.15. The molecule has 1 aliphatic rings. The average Bonchev–Trinajstić information content (AvgIpc) is 2.68. The zero-order chi connectivity index (χ0) is 20.0. The van der Waals surface area contributed by atoms with Crippen LogP contribution in [-0.4, -0.2) is 32.8 Å². The first-order valence-corrected chi connectivity index (χ1v) is 10.7. The Morgan fingerprint density at radius 2 is 1.79 bits per heavy atom. The molecule has 0 radical (unpaired) electrons. The highest BCUT2D eigenvalue weighted by molar-refractivity contribution is 5.45. The van der Waals surface area contributed by atoms with Crippen LogP contribution in [0.1, 0.15) is 50.2 Å². The van der Waals surface area contributed by atoms with Gasteiger partial charge in [-0.2, -0.15) is 0 Å². The lowest BCUT2D eigenvalue weighted by Crippen LogP contribution is -2.82. The molecule has 1 heterocycles. The molecule has 152 valence electrons. The van der Waals surface area contributed by atoms with Gasteiger partial charge in [0, 0.05) is 38.4 Å². The van der Waals surface area contributed by atoms with Crippen LogP contribution >= 0.6 is 0 Å². The number of rotatable bonds is 8. The lowest BCUT2D eigenvalue weighted by atomic mass is 9.75. The van der Waals surface area contributed by atoms with Gasteiger partial charge in [-0.25, -0.2) is 0 Å². The fraction of sp³-hybridized carbons (Fsp3) is 0.520. The standard InChI is InChI=1S/C25H36N2O/c1-25(2)18-22(15-17-28-25)24(21-8-6-5-7-9-21)14-16-26-19-20-10-12-23(13-11-20)27(3)4/h5-13,22,24,26H,14-19H2,1-4H3/p+1/t22-,24+/m0/s1. The Bertz CT molecular complexity index is 709. The minimum atomic E-state index is 0.00778. The first-order chi connectivity index (χ1) is 13.4. The third kappa shape index (κ3) is 5.83. The summed E-state index contributed by atoms with van der Waals surface area (Å²) in [5.41, 5.74) is 4.16. The van der Waals surface area contributed by atoms with Crippen molar-refractivity contribution in [1.82, 2.24) is 0 Å². The molecule has 1 aliphatic heterocycles. The molecule has 0 amide bonds. The van der Waals surface area contributed by atoms with Crippen molar-refractivity contribution >= 4 is 5.69 Å². The van der Waals surface area contributed by atoms with Crippen molar-refractivity contribution in [2.75, 3.05) is 32.1 Å². The summed E-state index contributed by atoms with van der Waals surface area (Å²) < 4.78 is 5.98. The summed E-state index contributed by atoms with van der Waals surface area (Å²) in [6, 6.07) is 20.0. The minimum Gasteiger partial charge on any atom is -0.378 e. The lowest BCUT2D eigenvalue weighted by Gasteiger charge is -2.39. The van der Waals surface area contributed by atoms with Gasteiger partial charge in [-0.05, 0) is 56.2 Å². The maximum atomic E-state index is 5.98. The van der Waals surface area contributed by atoms with Crippen molar-refractivity contribution in [3.63, 3.8) is 0 Å². The molecule has 1 fully saturated rings. The van der Waals surface area contributed by atoms with Crippen LogP contribution < -0.4 is 10.2 Å². The van der Waals surface area contributed by atoms with E-state index in [1.54, 1.807) is 0 Å². The summed E-state index contributed by atoms with van der Waals surface area (Å²) in [5.74, 6) is 1.33. The fourth-order valence-corrected chi connectivity index (χ4v) is 4.49. The van der Waals surface area contributed by atoms with Crippen LogP contribution in [0.3, 0.4) is 0 Å². The van der Waals surface area contributed by atoms with E-state index >= 15 is 0 Å². The largest absolute Gasteiger partial charge is 0.378 e.